The first-order valence-corrected chi connectivity index (χ1v) is 9.88. The Kier molecular flexibility index (Phi) is 5.72. The number of fused-ring (bicyclic) bond motifs is 1. The van der Waals surface area contributed by atoms with Crippen molar-refractivity contribution in [2.75, 3.05) is 24.5 Å². The quantitative estimate of drug-likeness (QED) is 0.640. The zero-order valence-corrected chi connectivity index (χ0v) is 16.4. The minimum atomic E-state index is -0.649. The molecule has 4 N–H and O–H groups in total. The number of anilines is 1. The van der Waals surface area contributed by atoms with Crippen molar-refractivity contribution >= 4 is 23.1 Å². The van der Waals surface area contributed by atoms with E-state index in [1.165, 1.54) is 0 Å². The van der Waals surface area contributed by atoms with Crippen molar-refractivity contribution in [2.24, 2.45) is 5.73 Å². The van der Waals surface area contributed by atoms with E-state index in [4.69, 9.17) is 10.7 Å². The fourth-order valence-electron chi connectivity index (χ4n) is 3.64. The standard InChI is InChI=1S/C20H31N5O2/c1-4-12-25-18-16(14(2)24(19(25)26)13-6-5-11-21)22-17(23-18)15-7-9-20(3,27)10-8-15/h7,27H,2,4-6,8-13,21H2,1,3H3,(H,22,23). The summed E-state index contributed by atoms with van der Waals surface area (Å²) in [5.41, 5.74) is 7.51. The molecule has 2 aliphatic rings. The third-order valence-corrected chi connectivity index (χ3v) is 5.32. The zero-order chi connectivity index (χ0) is 19.6. The Balaban J connectivity index is 1.91. The van der Waals surface area contributed by atoms with Gasteiger partial charge in [-0.05, 0) is 57.6 Å². The molecule has 0 spiro atoms. The van der Waals surface area contributed by atoms with Crippen LogP contribution in [0.1, 0.15) is 63.9 Å². The minimum Gasteiger partial charge on any atom is -0.390 e. The molecule has 0 fully saturated rings. The van der Waals surface area contributed by atoms with Crippen LogP contribution in [0.15, 0.2) is 12.7 Å². The molecule has 1 aromatic rings. The molecular formula is C20H31N5O2. The van der Waals surface area contributed by atoms with Gasteiger partial charge in [-0.15, -0.1) is 0 Å². The van der Waals surface area contributed by atoms with Gasteiger partial charge in [0.1, 0.15) is 11.5 Å². The number of hydrogen-bond acceptors (Lipinski definition) is 4. The van der Waals surface area contributed by atoms with E-state index in [1.807, 2.05) is 13.0 Å². The maximum Gasteiger partial charge on any atom is 0.330 e. The Morgan fingerprint density at radius 2 is 2.15 bits per heavy atom. The number of amides is 2. The van der Waals surface area contributed by atoms with Crippen molar-refractivity contribution in [1.82, 2.24) is 14.9 Å². The number of aromatic amines is 1. The van der Waals surface area contributed by atoms with Gasteiger partial charge in [0.2, 0.25) is 0 Å². The third kappa shape index (κ3) is 3.94. The highest BCUT2D eigenvalue weighted by atomic mass is 16.3. The van der Waals surface area contributed by atoms with Gasteiger partial charge < -0.3 is 15.8 Å². The van der Waals surface area contributed by atoms with Gasteiger partial charge in [-0.1, -0.05) is 19.6 Å². The van der Waals surface area contributed by atoms with Crippen molar-refractivity contribution in [1.29, 1.82) is 0 Å². The molecule has 1 aromatic heterocycles. The first-order chi connectivity index (χ1) is 12.9. The lowest BCUT2D eigenvalue weighted by molar-refractivity contribution is 0.0523. The second-order valence-electron chi connectivity index (χ2n) is 7.74. The fourth-order valence-corrected chi connectivity index (χ4v) is 3.64. The smallest absolute Gasteiger partial charge is 0.330 e. The molecule has 1 unspecified atom stereocenters. The average molecular weight is 374 g/mol. The van der Waals surface area contributed by atoms with Crippen molar-refractivity contribution in [3.05, 3.63) is 24.2 Å². The molecule has 3 rings (SSSR count). The number of unbranched alkanes of at least 4 members (excludes halogenated alkanes) is 1. The molecule has 1 aliphatic heterocycles. The fraction of sp³-hybridized carbons (Fsp3) is 0.600. The number of rotatable bonds is 7. The molecule has 0 bridgehead atoms. The summed E-state index contributed by atoms with van der Waals surface area (Å²) < 4.78 is 0. The highest BCUT2D eigenvalue weighted by Crippen LogP contribution is 2.37. The number of aromatic nitrogens is 2. The molecule has 7 heteroatoms. The Bertz CT molecular complexity index is 750. The molecule has 7 nitrogen and oxygen atoms in total. The normalized spacial score (nSPS) is 22.9. The zero-order valence-electron chi connectivity index (χ0n) is 16.4. The molecule has 27 heavy (non-hydrogen) atoms. The van der Waals surface area contributed by atoms with Crippen molar-refractivity contribution in [2.45, 2.75) is 58.0 Å². The molecule has 1 atom stereocenters. The lowest BCUT2D eigenvalue weighted by Crippen LogP contribution is -2.47. The molecule has 0 saturated heterocycles. The number of hydrogen-bond donors (Lipinski definition) is 3. The summed E-state index contributed by atoms with van der Waals surface area (Å²) in [6.45, 7) is 9.90. The van der Waals surface area contributed by atoms with Gasteiger partial charge in [-0.25, -0.2) is 9.78 Å². The lowest BCUT2D eigenvalue weighted by Gasteiger charge is -2.35. The van der Waals surface area contributed by atoms with E-state index in [0.717, 1.165) is 42.8 Å². The number of nitrogens with one attached hydrogen (secondary N) is 1. The minimum absolute atomic E-state index is 0.0648. The number of nitrogens with zero attached hydrogens (tertiary/aromatic N) is 3. The average Bonchev–Trinajstić information content (AvgIpc) is 3.07. The van der Waals surface area contributed by atoms with Gasteiger partial charge in [0.15, 0.2) is 5.82 Å². The first-order valence-electron chi connectivity index (χ1n) is 9.88. The second kappa shape index (κ2) is 7.86. The summed E-state index contributed by atoms with van der Waals surface area (Å²) in [5, 5.41) is 10.2. The van der Waals surface area contributed by atoms with E-state index in [-0.39, 0.29) is 6.03 Å². The van der Waals surface area contributed by atoms with Gasteiger partial charge in [0.05, 0.1) is 11.3 Å². The second-order valence-corrected chi connectivity index (χ2v) is 7.74. The molecule has 2 amide bonds. The van der Waals surface area contributed by atoms with Gasteiger partial charge in [0.25, 0.3) is 0 Å². The molecule has 148 valence electrons. The van der Waals surface area contributed by atoms with Crippen LogP contribution in [-0.4, -0.2) is 51.2 Å². The third-order valence-electron chi connectivity index (χ3n) is 5.32. The van der Waals surface area contributed by atoms with E-state index < -0.39 is 5.60 Å². The van der Waals surface area contributed by atoms with Crippen LogP contribution in [0.5, 0.6) is 0 Å². The molecule has 0 saturated carbocycles. The topological polar surface area (TPSA) is 98.5 Å². The summed E-state index contributed by atoms with van der Waals surface area (Å²) in [7, 11) is 0. The van der Waals surface area contributed by atoms with Gasteiger partial charge >= 0.3 is 6.03 Å². The van der Waals surface area contributed by atoms with Crippen molar-refractivity contribution in [3.63, 3.8) is 0 Å². The van der Waals surface area contributed by atoms with Crippen LogP contribution in [0.25, 0.3) is 11.3 Å². The number of carbonyl (C=O) groups excluding carboxylic acids is 1. The summed E-state index contributed by atoms with van der Waals surface area (Å²) in [6, 6.07) is -0.0648. The van der Waals surface area contributed by atoms with Gasteiger partial charge in [-0.3, -0.25) is 9.80 Å². The molecule has 1 aliphatic carbocycles. The SMILES string of the molecule is C=C1c2[nH]c(C3=CCC(C)(O)CC3)nc2N(CCC)C(=O)N1CCCCN. The summed E-state index contributed by atoms with van der Waals surface area (Å²) >= 11 is 0. The maximum atomic E-state index is 13.0. The van der Waals surface area contributed by atoms with Crippen molar-refractivity contribution in [3.8, 4) is 0 Å². The molecule has 2 heterocycles. The highest BCUT2D eigenvalue weighted by molar-refractivity contribution is 6.03. The lowest BCUT2D eigenvalue weighted by atomic mass is 9.87. The predicted molar refractivity (Wildman–Crippen MR) is 108 cm³/mol. The molecular weight excluding hydrogens is 342 g/mol. The molecule has 0 radical (unpaired) electrons. The predicted octanol–water partition coefficient (Wildman–Crippen LogP) is 3.09. The summed E-state index contributed by atoms with van der Waals surface area (Å²) in [4.78, 5) is 24.6. The van der Waals surface area contributed by atoms with Crippen LogP contribution in [0.3, 0.4) is 0 Å². The number of allylic oxidation sites excluding steroid dienone is 1. The number of nitrogens with two attached hydrogens (primary N) is 1. The Morgan fingerprint density at radius 1 is 1.37 bits per heavy atom. The van der Waals surface area contributed by atoms with Crippen LogP contribution >= 0.6 is 0 Å². The van der Waals surface area contributed by atoms with Crippen LogP contribution < -0.4 is 10.6 Å². The van der Waals surface area contributed by atoms with Crippen LogP contribution in [0, 0.1) is 0 Å². The van der Waals surface area contributed by atoms with E-state index in [2.05, 4.69) is 18.5 Å². The number of H-pyrrole nitrogens is 1. The number of carbonyl (C=O) groups is 1. The first kappa shape index (κ1) is 19.6. The van der Waals surface area contributed by atoms with Crippen molar-refractivity contribution < 1.29 is 9.90 Å². The monoisotopic (exact) mass is 373 g/mol. The number of urea groups is 1. The van der Waals surface area contributed by atoms with Gasteiger partial charge in [-0.2, -0.15) is 0 Å². The number of aliphatic hydroxyl groups is 1. The van der Waals surface area contributed by atoms with E-state index >= 15 is 0 Å². The van der Waals surface area contributed by atoms with E-state index in [1.54, 1.807) is 9.80 Å². The van der Waals surface area contributed by atoms with E-state index in [0.29, 0.717) is 44.0 Å². The Hall–Kier alpha value is -2.12. The molecule has 0 aromatic carbocycles. The number of imidazole rings is 1. The maximum absolute atomic E-state index is 13.0. The Morgan fingerprint density at radius 3 is 2.78 bits per heavy atom. The van der Waals surface area contributed by atoms with E-state index in [9.17, 15) is 9.90 Å². The Labute approximate surface area is 160 Å². The van der Waals surface area contributed by atoms with Crippen LogP contribution in [0.4, 0.5) is 10.6 Å². The summed E-state index contributed by atoms with van der Waals surface area (Å²) in [5.74, 6) is 1.43. The van der Waals surface area contributed by atoms with Crippen LogP contribution in [-0.2, 0) is 0 Å². The van der Waals surface area contributed by atoms with Gasteiger partial charge in [0, 0.05) is 13.1 Å². The highest BCUT2D eigenvalue weighted by Gasteiger charge is 2.36. The largest absolute Gasteiger partial charge is 0.390 e. The summed E-state index contributed by atoms with van der Waals surface area (Å²) in [6.07, 6.45) is 6.68. The van der Waals surface area contributed by atoms with Crippen LogP contribution in [0.2, 0.25) is 0 Å².